The van der Waals surface area contributed by atoms with Crippen LogP contribution in [0.5, 0.6) is 0 Å². The molecule has 2 N–H and O–H groups in total. The van der Waals surface area contributed by atoms with Gasteiger partial charge in [0.2, 0.25) is 0 Å². The number of hydrogen-bond acceptors (Lipinski definition) is 3. The van der Waals surface area contributed by atoms with Crippen LogP contribution in [0.25, 0.3) is 0 Å². The Hall–Kier alpha value is -0.800. The summed E-state index contributed by atoms with van der Waals surface area (Å²) in [6.45, 7) is 0.761. The minimum Gasteiger partial charge on any atom is -0.472 e. The van der Waals surface area contributed by atoms with Crippen LogP contribution in [0.15, 0.2) is 23.0 Å². The summed E-state index contributed by atoms with van der Waals surface area (Å²) in [6.07, 6.45) is 5.41. The third-order valence-electron chi connectivity index (χ3n) is 2.24. The first-order valence-corrected chi connectivity index (χ1v) is 4.25. The molecule has 2 unspecified atom stereocenters. The van der Waals surface area contributed by atoms with E-state index in [0.29, 0.717) is 0 Å². The van der Waals surface area contributed by atoms with E-state index in [1.165, 1.54) is 0 Å². The van der Waals surface area contributed by atoms with Gasteiger partial charge in [-0.15, -0.1) is 0 Å². The van der Waals surface area contributed by atoms with Crippen molar-refractivity contribution in [3.8, 4) is 0 Å². The topological polar surface area (TPSA) is 48.4 Å². The SMILES string of the molecule is NC1CCOC(c2ccoc2)C1. The minimum absolute atomic E-state index is 0.146. The third-order valence-corrected chi connectivity index (χ3v) is 2.24. The number of rotatable bonds is 1. The van der Waals surface area contributed by atoms with Gasteiger partial charge < -0.3 is 14.9 Å². The Morgan fingerprint density at radius 2 is 2.42 bits per heavy atom. The van der Waals surface area contributed by atoms with Gasteiger partial charge in [0.1, 0.15) is 0 Å². The monoisotopic (exact) mass is 167 g/mol. The van der Waals surface area contributed by atoms with Gasteiger partial charge in [0, 0.05) is 18.2 Å². The predicted molar refractivity (Wildman–Crippen MR) is 44.6 cm³/mol. The van der Waals surface area contributed by atoms with Crippen LogP contribution in [0.1, 0.15) is 24.5 Å². The summed E-state index contributed by atoms with van der Waals surface area (Å²) in [4.78, 5) is 0. The highest BCUT2D eigenvalue weighted by Crippen LogP contribution is 2.27. The summed E-state index contributed by atoms with van der Waals surface area (Å²) >= 11 is 0. The highest BCUT2D eigenvalue weighted by Gasteiger charge is 2.21. The largest absolute Gasteiger partial charge is 0.472 e. The fourth-order valence-corrected chi connectivity index (χ4v) is 1.51. The lowest BCUT2D eigenvalue weighted by Gasteiger charge is -2.26. The van der Waals surface area contributed by atoms with Crippen LogP contribution in [0.2, 0.25) is 0 Å². The van der Waals surface area contributed by atoms with Gasteiger partial charge in [0.25, 0.3) is 0 Å². The molecular weight excluding hydrogens is 154 g/mol. The summed E-state index contributed by atoms with van der Waals surface area (Å²) < 4.78 is 10.5. The summed E-state index contributed by atoms with van der Waals surface area (Å²) in [6, 6.07) is 2.21. The molecule has 2 heterocycles. The molecule has 0 saturated carbocycles. The van der Waals surface area contributed by atoms with E-state index < -0.39 is 0 Å². The third kappa shape index (κ3) is 1.52. The molecule has 0 aromatic carbocycles. The molecule has 0 spiro atoms. The van der Waals surface area contributed by atoms with Gasteiger partial charge in [-0.2, -0.15) is 0 Å². The van der Waals surface area contributed by atoms with Crippen LogP contribution in [-0.4, -0.2) is 12.6 Å². The first-order valence-electron chi connectivity index (χ1n) is 4.25. The lowest BCUT2D eigenvalue weighted by Crippen LogP contribution is -2.30. The van der Waals surface area contributed by atoms with E-state index in [-0.39, 0.29) is 12.1 Å². The fourth-order valence-electron chi connectivity index (χ4n) is 1.51. The molecule has 1 aliphatic rings. The molecule has 1 aromatic heterocycles. The molecule has 1 fully saturated rings. The number of hydrogen-bond donors (Lipinski definition) is 1. The van der Waals surface area contributed by atoms with E-state index >= 15 is 0 Å². The Morgan fingerprint density at radius 3 is 3.08 bits per heavy atom. The Labute approximate surface area is 71.5 Å². The van der Waals surface area contributed by atoms with Gasteiger partial charge in [-0.25, -0.2) is 0 Å². The average molecular weight is 167 g/mol. The molecule has 3 heteroatoms. The number of ether oxygens (including phenoxy) is 1. The Morgan fingerprint density at radius 1 is 1.50 bits per heavy atom. The number of nitrogens with two attached hydrogens (primary N) is 1. The predicted octanol–water partition coefficient (Wildman–Crippen LogP) is 1.46. The van der Waals surface area contributed by atoms with Gasteiger partial charge in [-0.05, 0) is 18.9 Å². The molecule has 1 aliphatic heterocycles. The Kier molecular flexibility index (Phi) is 2.15. The number of furan rings is 1. The van der Waals surface area contributed by atoms with E-state index in [1.54, 1.807) is 12.5 Å². The molecule has 0 bridgehead atoms. The van der Waals surface area contributed by atoms with Crippen LogP contribution in [0.4, 0.5) is 0 Å². The molecule has 3 nitrogen and oxygen atoms in total. The zero-order chi connectivity index (χ0) is 8.39. The maximum absolute atomic E-state index is 5.82. The van der Waals surface area contributed by atoms with Crippen molar-refractivity contribution < 1.29 is 9.15 Å². The lowest BCUT2D eigenvalue weighted by atomic mass is 10.0. The molecule has 0 aliphatic carbocycles. The summed E-state index contributed by atoms with van der Waals surface area (Å²) in [7, 11) is 0. The smallest absolute Gasteiger partial charge is 0.0960 e. The van der Waals surface area contributed by atoms with E-state index in [9.17, 15) is 0 Å². The average Bonchev–Trinajstić information content (AvgIpc) is 2.56. The highest BCUT2D eigenvalue weighted by atomic mass is 16.5. The molecule has 12 heavy (non-hydrogen) atoms. The van der Waals surface area contributed by atoms with Crippen molar-refractivity contribution in [1.29, 1.82) is 0 Å². The van der Waals surface area contributed by atoms with Crippen molar-refractivity contribution in [1.82, 2.24) is 0 Å². The molecule has 0 amide bonds. The molecule has 2 atom stereocenters. The summed E-state index contributed by atoms with van der Waals surface area (Å²) in [5, 5.41) is 0. The maximum atomic E-state index is 5.82. The first-order chi connectivity index (χ1) is 5.86. The van der Waals surface area contributed by atoms with Crippen molar-refractivity contribution >= 4 is 0 Å². The van der Waals surface area contributed by atoms with Crippen molar-refractivity contribution in [3.05, 3.63) is 24.2 Å². The lowest BCUT2D eigenvalue weighted by molar-refractivity contribution is 0.00636. The van der Waals surface area contributed by atoms with Crippen LogP contribution in [-0.2, 0) is 4.74 Å². The van der Waals surface area contributed by atoms with E-state index in [0.717, 1.165) is 25.0 Å². The van der Waals surface area contributed by atoms with Gasteiger partial charge in [0.15, 0.2) is 0 Å². The second-order valence-electron chi connectivity index (χ2n) is 3.20. The van der Waals surface area contributed by atoms with Gasteiger partial charge in [-0.1, -0.05) is 0 Å². The maximum Gasteiger partial charge on any atom is 0.0960 e. The molecule has 1 saturated heterocycles. The Bertz CT molecular complexity index is 233. The van der Waals surface area contributed by atoms with Crippen molar-refractivity contribution in [2.75, 3.05) is 6.61 Å². The van der Waals surface area contributed by atoms with E-state index in [1.807, 2.05) is 6.07 Å². The van der Waals surface area contributed by atoms with Crippen molar-refractivity contribution in [2.45, 2.75) is 25.0 Å². The standard InChI is InChI=1S/C9H13NO2/c10-8-2-4-12-9(5-8)7-1-3-11-6-7/h1,3,6,8-9H,2,4-5,10H2. The summed E-state index contributed by atoms with van der Waals surface area (Å²) in [5.41, 5.74) is 6.92. The van der Waals surface area contributed by atoms with Crippen LogP contribution < -0.4 is 5.73 Å². The quantitative estimate of drug-likeness (QED) is 0.688. The van der Waals surface area contributed by atoms with Crippen LogP contribution >= 0.6 is 0 Å². The molecule has 2 rings (SSSR count). The second-order valence-corrected chi connectivity index (χ2v) is 3.20. The molecule has 66 valence electrons. The molecular formula is C9H13NO2. The highest BCUT2D eigenvalue weighted by molar-refractivity contribution is 5.10. The molecule has 1 aromatic rings. The fraction of sp³-hybridized carbons (Fsp3) is 0.556. The van der Waals surface area contributed by atoms with Gasteiger partial charge >= 0.3 is 0 Å². The van der Waals surface area contributed by atoms with Crippen LogP contribution in [0, 0.1) is 0 Å². The Balaban J connectivity index is 2.04. The normalized spacial score (nSPS) is 30.4. The van der Waals surface area contributed by atoms with Crippen LogP contribution in [0.3, 0.4) is 0 Å². The van der Waals surface area contributed by atoms with Crippen molar-refractivity contribution in [3.63, 3.8) is 0 Å². The zero-order valence-corrected chi connectivity index (χ0v) is 6.90. The first kappa shape index (κ1) is 7.83. The minimum atomic E-state index is 0.146. The summed E-state index contributed by atoms with van der Waals surface area (Å²) in [5.74, 6) is 0. The van der Waals surface area contributed by atoms with Crippen molar-refractivity contribution in [2.24, 2.45) is 5.73 Å². The van der Waals surface area contributed by atoms with E-state index in [2.05, 4.69) is 0 Å². The second kappa shape index (κ2) is 3.29. The van der Waals surface area contributed by atoms with Gasteiger partial charge in [0.05, 0.1) is 18.6 Å². The molecule has 0 radical (unpaired) electrons. The van der Waals surface area contributed by atoms with E-state index in [4.69, 9.17) is 14.9 Å². The van der Waals surface area contributed by atoms with Gasteiger partial charge in [-0.3, -0.25) is 0 Å². The zero-order valence-electron chi connectivity index (χ0n) is 6.90.